The Bertz CT molecular complexity index is 712. The van der Waals surface area contributed by atoms with Crippen molar-refractivity contribution in [2.24, 2.45) is 5.73 Å². The van der Waals surface area contributed by atoms with Crippen LogP contribution in [0.25, 0.3) is 0 Å². The van der Waals surface area contributed by atoms with E-state index in [1.165, 1.54) is 0 Å². The van der Waals surface area contributed by atoms with Gasteiger partial charge in [0.2, 0.25) is 5.88 Å². The number of carbonyl (C=O) groups is 1. The number of nitrogens with two attached hydrogens (primary N) is 1. The normalized spacial score (nSPS) is 10.3. The number of carbonyl (C=O) groups excluding carboxylic acids is 1. The standard InChI is InChI=1S/C15H16N2O2S/c1-8-6-9(2)13(10(3)7-8)19-15-12(14(16)18)11(20)4-5-17-15/h4-7H,1-3H3,(H2,16,18)(H,17,20). The van der Waals surface area contributed by atoms with E-state index in [1.807, 2.05) is 32.9 Å². The van der Waals surface area contributed by atoms with E-state index < -0.39 is 5.91 Å². The van der Waals surface area contributed by atoms with Gasteiger partial charge in [0.15, 0.2) is 0 Å². The van der Waals surface area contributed by atoms with Gasteiger partial charge in [0.1, 0.15) is 11.3 Å². The SMILES string of the molecule is Cc1cc(C)c(Oc2[nH]ccc(=S)c2C(N)=O)c(C)c1. The summed E-state index contributed by atoms with van der Waals surface area (Å²) in [6, 6.07) is 5.64. The number of H-pyrrole nitrogens is 1. The van der Waals surface area contributed by atoms with Gasteiger partial charge < -0.3 is 15.5 Å². The molecular formula is C15H16N2O2S. The maximum Gasteiger partial charge on any atom is 0.255 e. The molecule has 0 unspecified atom stereocenters. The minimum absolute atomic E-state index is 0.196. The van der Waals surface area contributed by atoms with Crippen molar-refractivity contribution >= 4 is 18.1 Å². The van der Waals surface area contributed by atoms with Crippen LogP contribution >= 0.6 is 12.2 Å². The number of ether oxygens (including phenoxy) is 1. The molecule has 1 amide bonds. The van der Waals surface area contributed by atoms with Crippen molar-refractivity contribution in [3.63, 3.8) is 0 Å². The highest BCUT2D eigenvalue weighted by molar-refractivity contribution is 7.71. The lowest BCUT2D eigenvalue weighted by Gasteiger charge is -2.14. The zero-order chi connectivity index (χ0) is 14.9. The van der Waals surface area contributed by atoms with Gasteiger partial charge in [0, 0.05) is 6.20 Å². The molecule has 1 aromatic carbocycles. The number of aromatic amines is 1. The van der Waals surface area contributed by atoms with Crippen molar-refractivity contribution in [1.29, 1.82) is 0 Å². The second-order valence-electron chi connectivity index (χ2n) is 4.74. The van der Waals surface area contributed by atoms with E-state index in [2.05, 4.69) is 4.98 Å². The summed E-state index contributed by atoms with van der Waals surface area (Å²) in [5.41, 5.74) is 8.69. The number of nitrogens with one attached hydrogen (secondary N) is 1. The predicted molar refractivity (Wildman–Crippen MR) is 80.9 cm³/mol. The quantitative estimate of drug-likeness (QED) is 0.848. The van der Waals surface area contributed by atoms with E-state index in [4.69, 9.17) is 22.7 Å². The molecule has 0 aliphatic heterocycles. The van der Waals surface area contributed by atoms with Gasteiger partial charge in [-0.15, -0.1) is 0 Å². The zero-order valence-corrected chi connectivity index (χ0v) is 12.4. The highest BCUT2D eigenvalue weighted by Crippen LogP contribution is 2.30. The monoisotopic (exact) mass is 288 g/mol. The van der Waals surface area contributed by atoms with Gasteiger partial charge >= 0.3 is 0 Å². The molecule has 0 saturated carbocycles. The topological polar surface area (TPSA) is 68.1 Å². The number of aryl methyl sites for hydroxylation is 3. The minimum Gasteiger partial charge on any atom is -0.440 e. The third-order valence-corrected chi connectivity index (χ3v) is 3.32. The molecule has 0 fully saturated rings. The Morgan fingerprint density at radius 1 is 1.25 bits per heavy atom. The van der Waals surface area contributed by atoms with E-state index in [0.717, 1.165) is 16.7 Å². The predicted octanol–water partition coefficient (Wildman–Crippen LogP) is 3.56. The largest absolute Gasteiger partial charge is 0.440 e. The fourth-order valence-corrected chi connectivity index (χ4v) is 2.47. The summed E-state index contributed by atoms with van der Waals surface area (Å²) in [5.74, 6) is 0.374. The second kappa shape index (κ2) is 5.46. The smallest absolute Gasteiger partial charge is 0.255 e. The van der Waals surface area contributed by atoms with Crippen molar-refractivity contribution in [2.45, 2.75) is 20.8 Å². The van der Waals surface area contributed by atoms with Gasteiger partial charge in [-0.2, -0.15) is 0 Å². The maximum absolute atomic E-state index is 11.5. The molecule has 104 valence electrons. The number of aromatic nitrogens is 1. The molecule has 1 heterocycles. The molecule has 4 nitrogen and oxygen atoms in total. The van der Waals surface area contributed by atoms with Gasteiger partial charge in [-0.25, -0.2) is 0 Å². The molecule has 0 atom stereocenters. The maximum atomic E-state index is 11.5. The molecule has 0 spiro atoms. The molecule has 0 radical (unpaired) electrons. The van der Waals surface area contributed by atoms with E-state index in [1.54, 1.807) is 12.3 Å². The first kappa shape index (κ1) is 14.3. The van der Waals surface area contributed by atoms with Gasteiger partial charge in [-0.1, -0.05) is 29.9 Å². The van der Waals surface area contributed by atoms with Gasteiger partial charge in [-0.05, 0) is 38.0 Å². The Morgan fingerprint density at radius 3 is 2.40 bits per heavy atom. The van der Waals surface area contributed by atoms with E-state index in [9.17, 15) is 4.79 Å². The Hall–Kier alpha value is -2.14. The molecule has 0 aliphatic carbocycles. The first-order valence-electron chi connectivity index (χ1n) is 6.17. The van der Waals surface area contributed by atoms with Gasteiger partial charge in [0.25, 0.3) is 5.91 Å². The van der Waals surface area contributed by atoms with Crippen LogP contribution in [0.2, 0.25) is 0 Å². The lowest BCUT2D eigenvalue weighted by molar-refractivity contribution is 0.0997. The molecule has 0 aliphatic rings. The Labute approximate surface area is 122 Å². The first-order chi connectivity index (χ1) is 9.40. The van der Waals surface area contributed by atoms with E-state index >= 15 is 0 Å². The average Bonchev–Trinajstić information content (AvgIpc) is 2.33. The molecule has 5 heteroatoms. The molecule has 1 aromatic heterocycles. The molecule has 0 bridgehead atoms. The van der Waals surface area contributed by atoms with Crippen LogP contribution < -0.4 is 10.5 Å². The van der Waals surface area contributed by atoms with Crippen molar-refractivity contribution in [3.8, 4) is 11.6 Å². The number of rotatable bonds is 3. The van der Waals surface area contributed by atoms with Crippen molar-refractivity contribution in [2.75, 3.05) is 0 Å². The fourth-order valence-electron chi connectivity index (χ4n) is 2.20. The lowest BCUT2D eigenvalue weighted by Crippen LogP contribution is -2.14. The molecule has 20 heavy (non-hydrogen) atoms. The molecule has 3 N–H and O–H groups in total. The molecule has 2 aromatic rings. The van der Waals surface area contributed by atoms with Crippen LogP contribution in [0.15, 0.2) is 24.4 Å². The molecular weight excluding hydrogens is 272 g/mol. The zero-order valence-electron chi connectivity index (χ0n) is 11.6. The van der Waals surface area contributed by atoms with Gasteiger partial charge in [0.05, 0.1) is 4.51 Å². The van der Waals surface area contributed by atoms with Gasteiger partial charge in [-0.3, -0.25) is 4.79 Å². The minimum atomic E-state index is -0.607. The Balaban J connectivity index is 2.54. The summed E-state index contributed by atoms with van der Waals surface area (Å²) in [7, 11) is 0. The van der Waals surface area contributed by atoms with Crippen LogP contribution in [0, 0.1) is 25.3 Å². The van der Waals surface area contributed by atoms with Crippen LogP contribution in [0.4, 0.5) is 0 Å². The third kappa shape index (κ3) is 2.72. The summed E-state index contributed by atoms with van der Waals surface area (Å²) >= 11 is 5.12. The summed E-state index contributed by atoms with van der Waals surface area (Å²) in [5, 5.41) is 0. The summed E-state index contributed by atoms with van der Waals surface area (Å²) in [6.45, 7) is 5.93. The highest BCUT2D eigenvalue weighted by Gasteiger charge is 2.15. The van der Waals surface area contributed by atoms with E-state index in [0.29, 0.717) is 10.3 Å². The number of hydrogen-bond acceptors (Lipinski definition) is 3. The lowest BCUT2D eigenvalue weighted by atomic mass is 10.1. The number of benzene rings is 1. The summed E-state index contributed by atoms with van der Waals surface area (Å²) < 4.78 is 6.21. The third-order valence-electron chi connectivity index (χ3n) is 2.98. The van der Waals surface area contributed by atoms with Crippen molar-refractivity contribution < 1.29 is 9.53 Å². The van der Waals surface area contributed by atoms with Crippen LogP contribution in [-0.2, 0) is 0 Å². The Morgan fingerprint density at radius 2 is 1.85 bits per heavy atom. The number of hydrogen-bond donors (Lipinski definition) is 2. The summed E-state index contributed by atoms with van der Waals surface area (Å²) in [6.07, 6.45) is 1.63. The Kier molecular flexibility index (Phi) is 3.90. The number of primary amides is 1. The first-order valence-corrected chi connectivity index (χ1v) is 6.58. The van der Waals surface area contributed by atoms with Crippen LogP contribution in [0.5, 0.6) is 11.6 Å². The van der Waals surface area contributed by atoms with Crippen LogP contribution in [0.1, 0.15) is 27.0 Å². The number of pyridine rings is 1. The van der Waals surface area contributed by atoms with E-state index in [-0.39, 0.29) is 11.4 Å². The van der Waals surface area contributed by atoms with Crippen LogP contribution in [-0.4, -0.2) is 10.9 Å². The van der Waals surface area contributed by atoms with Crippen molar-refractivity contribution in [1.82, 2.24) is 4.98 Å². The van der Waals surface area contributed by atoms with Crippen LogP contribution in [0.3, 0.4) is 0 Å². The second-order valence-corrected chi connectivity index (χ2v) is 5.18. The highest BCUT2D eigenvalue weighted by atomic mass is 32.1. The molecule has 0 saturated heterocycles. The van der Waals surface area contributed by atoms with Crippen molar-refractivity contribution in [3.05, 3.63) is 51.2 Å². The number of amides is 1. The fraction of sp³-hybridized carbons (Fsp3) is 0.200. The molecule has 2 rings (SSSR count). The average molecular weight is 288 g/mol. The summed E-state index contributed by atoms with van der Waals surface area (Å²) in [4.78, 5) is 14.4.